The Morgan fingerprint density at radius 2 is 2.24 bits per heavy atom. The highest BCUT2D eigenvalue weighted by molar-refractivity contribution is 7.08. The second kappa shape index (κ2) is 6.43. The van der Waals surface area contributed by atoms with E-state index in [1.807, 2.05) is 10.8 Å². The third kappa shape index (κ3) is 4.17. The highest BCUT2D eigenvalue weighted by Crippen LogP contribution is 2.22. The van der Waals surface area contributed by atoms with E-state index in [4.69, 9.17) is 11.6 Å². The zero-order chi connectivity index (χ0) is 15.5. The molecule has 1 aromatic carbocycles. The molecule has 0 saturated heterocycles. The Hall–Kier alpha value is -1.63. The predicted octanol–water partition coefficient (Wildman–Crippen LogP) is 3.57. The summed E-state index contributed by atoms with van der Waals surface area (Å²) >= 11 is 7.02. The standard InChI is InChI=1S/C14H14ClFN2O2S/c1-14(20,9-4-5-21-7-9)8-17-13(19)18-10-2-3-11(15)12(16)6-10/h2-7,20H,8H2,1H3,(H2,17,18,19). The summed E-state index contributed by atoms with van der Waals surface area (Å²) in [5.41, 5.74) is -0.155. The number of hydrogen-bond acceptors (Lipinski definition) is 3. The average molecular weight is 329 g/mol. The highest BCUT2D eigenvalue weighted by atomic mass is 35.5. The molecule has 1 unspecified atom stereocenters. The van der Waals surface area contributed by atoms with Crippen LogP contribution in [0.2, 0.25) is 5.02 Å². The normalized spacial score (nSPS) is 13.5. The number of thiophene rings is 1. The minimum atomic E-state index is -1.16. The van der Waals surface area contributed by atoms with Gasteiger partial charge in [0.2, 0.25) is 0 Å². The molecule has 0 radical (unpaired) electrons. The van der Waals surface area contributed by atoms with Crippen molar-refractivity contribution in [3.63, 3.8) is 0 Å². The van der Waals surface area contributed by atoms with E-state index in [1.54, 1.807) is 13.0 Å². The number of hydrogen-bond donors (Lipinski definition) is 3. The number of benzene rings is 1. The number of anilines is 1. The number of urea groups is 1. The summed E-state index contributed by atoms with van der Waals surface area (Å²) in [5, 5.41) is 18.9. The van der Waals surface area contributed by atoms with Crippen LogP contribution in [0.4, 0.5) is 14.9 Å². The third-order valence-electron chi connectivity index (χ3n) is 2.91. The molecular formula is C14H14ClFN2O2S. The molecule has 7 heteroatoms. The molecule has 0 aliphatic heterocycles. The van der Waals surface area contributed by atoms with Crippen molar-refractivity contribution in [2.24, 2.45) is 0 Å². The van der Waals surface area contributed by atoms with Gasteiger partial charge in [-0.3, -0.25) is 0 Å². The SMILES string of the molecule is CC(O)(CNC(=O)Nc1ccc(Cl)c(F)c1)c1ccsc1. The first-order valence-corrected chi connectivity index (χ1v) is 7.45. The maximum Gasteiger partial charge on any atom is 0.319 e. The van der Waals surface area contributed by atoms with Crippen LogP contribution in [-0.4, -0.2) is 17.7 Å². The maximum atomic E-state index is 13.2. The van der Waals surface area contributed by atoms with Gasteiger partial charge < -0.3 is 15.7 Å². The van der Waals surface area contributed by atoms with Crippen LogP contribution < -0.4 is 10.6 Å². The van der Waals surface area contributed by atoms with Crippen LogP contribution in [0.15, 0.2) is 35.0 Å². The van der Waals surface area contributed by atoms with Gasteiger partial charge in [-0.05, 0) is 47.5 Å². The van der Waals surface area contributed by atoms with Gasteiger partial charge in [-0.15, -0.1) is 0 Å². The quantitative estimate of drug-likeness (QED) is 0.803. The first kappa shape index (κ1) is 15.8. The molecule has 0 aliphatic carbocycles. The lowest BCUT2D eigenvalue weighted by atomic mass is 9.99. The van der Waals surface area contributed by atoms with Crippen molar-refractivity contribution >= 4 is 34.7 Å². The maximum absolute atomic E-state index is 13.2. The van der Waals surface area contributed by atoms with Crippen molar-refractivity contribution in [2.45, 2.75) is 12.5 Å². The predicted molar refractivity (Wildman–Crippen MR) is 82.3 cm³/mol. The largest absolute Gasteiger partial charge is 0.384 e. The van der Waals surface area contributed by atoms with Gasteiger partial charge in [0.05, 0.1) is 11.6 Å². The number of halogens is 2. The molecule has 1 heterocycles. The molecule has 2 aromatic rings. The number of amides is 2. The zero-order valence-corrected chi connectivity index (χ0v) is 12.8. The lowest BCUT2D eigenvalue weighted by Gasteiger charge is -2.22. The van der Waals surface area contributed by atoms with Crippen LogP contribution in [-0.2, 0) is 5.60 Å². The molecular weight excluding hydrogens is 315 g/mol. The molecule has 1 aromatic heterocycles. The van der Waals surface area contributed by atoms with E-state index in [0.717, 1.165) is 11.6 Å². The first-order chi connectivity index (χ1) is 9.88. The number of carbonyl (C=O) groups is 1. The number of aliphatic hydroxyl groups is 1. The molecule has 0 bridgehead atoms. The summed E-state index contributed by atoms with van der Waals surface area (Å²) in [6.45, 7) is 1.64. The molecule has 0 aliphatic rings. The summed E-state index contributed by atoms with van der Waals surface area (Å²) in [6, 6.07) is 5.22. The second-order valence-corrected chi connectivity index (χ2v) is 5.91. The van der Waals surface area contributed by atoms with Gasteiger partial charge >= 0.3 is 6.03 Å². The molecule has 112 valence electrons. The third-order valence-corrected chi connectivity index (χ3v) is 3.90. The number of carbonyl (C=O) groups excluding carboxylic acids is 1. The molecule has 3 N–H and O–H groups in total. The van der Waals surface area contributed by atoms with Crippen molar-refractivity contribution in [3.05, 3.63) is 51.4 Å². The van der Waals surface area contributed by atoms with Gasteiger partial charge in [-0.1, -0.05) is 11.6 Å². The van der Waals surface area contributed by atoms with E-state index < -0.39 is 17.4 Å². The van der Waals surface area contributed by atoms with Gasteiger partial charge in [0.15, 0.2) is 0 Å². The first-order valence-electron chi connectivity index (χ1n) is 6.13. The monoisotopic (exact) mass is 328 g/mol. The van der Waals surface area contributed by atoms with Crippen LogP contribution >= 0.6 is 22.9 Å². The molecule has 2 rings (SSSR count). The van der Waals surface area contributed by atoms with Gasteiger partial charge in [-0.2, -0.15) is 11.3 Å². The fourth-order valence-corrected chi connectivity index (χ4v) is 2.57. The summed E-state index contributed by atoms with van der Waals surface area (Å²) in [5.74, 6) is -0.611. The van der Waals surface area contributed by atoms with Gasteiger partial charge in [-0.25, -0.2) is 9.18 Å². The Morgan fingerprint density at radius 3 is 2.86 bits per heavy atom. The van der Waals surface area contributed by atoms with Crippen LogP contribution in [0.3, 0.4) is 0 Å². The summed E-state index contributed by atoms with van der Waals surface area (Å²) < 4.78 is 13.2. The van der Waals surface area contributed by atoms with Crippen LogP contribution in [0.1, 0.15) is 12.5 Å². The van der Waals surface area contributed by atoms with E-state index in [-0.39, 0.29) is 17.3 Å². The molecule has 0 saturated carbocycles. The highest BCUT2D eigenvalue weighted by Gasteiger charge is 2.24. The Balaban J connectivity index is 1.91. The minimum absolute atomic E-state index is 0.0126. The second-order valence-electron chi connectivity index (χ2n) is 4.72. The summed E-state index contributed by atoms with van der Waals surface area (Å²) in [4.78, 5) is 11.7. The van der Waals surface area contributed by atoms with Crippen LogP contribution in [0.5, 0.6) is 0 Å². The molecule has 0 fully saturated rings. The zero-order valence-electron chi connectivity index (χ0n) is 11.2. The van der Waals surface area contributed by atoms with Crippen molar-refractivity contribution < 1.29 is 14.3 Å². The van der Waals surface area contributed by atoms with Gasteiger partial charge in [0, 0.05) is 5.69 Å². The Bertz CT molecular complexity index is 632. The van der Waals surface area contributed by atoms with Crippen LogP contribution in [0.25, 0.3) is 0 Å². The Kier molecular flexibility index (Phi) is 4.82. The Morgan fingerprint density at radius 1 is 1.48 bits per heavy atom. The molecule has 21 heavy (non-hydrogen) atoms. The molecule has 2 amide bonds. The van der Waals surface area contributed by atoms with Crippen LogP contribution in [0, 0.1) is 5.82 Å². The van der Waals surface area contributed by atoms with E-state index in [0.29, 0.717) is 0 Å². The van der Waals surface area contributed by atoms with E-state index in [2.05, 4.69) is 10.6 Å². The minimum Gasteiger partial charge on any atom is -0.384 e. The van der Waals surface area contributed by atoms with Crippen molar-refractivity contribution in [3.8, 4) is 0 Å². The molecule has 0 spiro atoms. The van der Waals surface area contributed by atoms with E-state index in [9.17, 15) is 14.3 Å². The smallest absolute Gasteiger partial charge is 0.319 e. The molecule has 4 nitrogen and oxygen atoms in total. The fourth-order valence-electron chi connectivity index (χ4n) is 1.67. The lowest BCUT2D eigenvalue weighted by Crippen LogP contribution is -2.40. The lowest BCUT2D eigenvalue weighted by molar-refractivity contribution is 0.0604. The van der Waals surface area contributed by atoms with Gasteiger partial charge in [0.1, 0.15) is 11.4 Å². The van der Waals surface area contributed by atoms with E-state index >= 15 is 0 Å². The van der Waals surface area contributed by atoms with Crippen molar-refractivity contribution in [1.82, 2.24) is 5.32 Å². The number of nitrogens with one attached hydrogen (secondary N) is 2. The van der Waals surface area contributed by atoms with Crippen molar-refractivity contribution in [2.75, 3.05) is 11.9 Å². The summed E-state index contributed by atoms with van der Waals surface area (Å²) in [6.07, 6.45) is 0. The van der Waals surface area contributed by atoms with Gasteiger partial charge in [0.25, 0.3) is 0 Å². The Labute approximate surface area is 130 Å². The van der Waals surface area contributed by atoms with E-state index in [1.165, 1.54) is 23.5 Å². The topological polar surface area (TPSA) is 61.4 Å². The van der Waals surface area contributed by atoms with Crippen molar-refractivity contribution in [1.29, 1.82) is 0 Å². The molecule has 1 atom stereocenters. The number of rotatable bonds is 4. The summed E-state index contributed by atoms with van der Waals surface area (Å²) in [7, 11) is 0. The average Bonchev–Trinajstić information content (AvgIpc) is 2.96. The fraction of sp³-hybridized carbons (Fsp3) is 0.214.